The molecule has 25 heavy (non-hydrogen) atoms. The minimum atomic E-state index is 0.135. The number of likely N-dealkylation sites (tertiary alicyclic amines) is 2. The molecule has 1 aliphatic carbocycles. The zero-order chi connectivity index (χ0) is 17.6. The molecule has 2 saturated heterocycles. The van der Waals surface area contributed by atoms with Crippen molar-refractivity contribution >= 4 is 11.8 Å². The highest BCUT2D eigenvalue weighted by Crippen LogP contribution is 2.35. The average molecular weight is 350 g/mol. The SMILES string of the molecule is CCCNC(=O)C1CCN(CC(=O)N2CCCC3CCCCC32)CC1. The Morgan fingerprint density at radius 1 is 0.960 bits per heavy atom. The Kier molecular flexibility index (Phi) is 6.74. The number of nitrogens with zero attached hydrogens (tertiary/aromatic N) is 2. The number of carbonyl (C=O) groups is 2. The van der Waals surface area contributed by atoms with Gasteiger partial charge in [-0.3, -0.25) is 14.5 Å². The van der Waals surface area contributed by atoms with Crippen LogP contribution in [-0.2, 0) is 9.59 Å². The second-order valence-corrected chi connectivity index (χ2v) is 8.18. The van der Waals surface area contributed by atoms with Crippen LogP contribution in [0.25, 0.3) is 0 Å². The summed E-state index contributed by atoms with van der Waals surface area (Å²) >= 11 is 0. The molecule has 3 rings (SSSR count). The molecule has 2 aliphatic heterocycles. The quantitative estimate of drug-likeness (QED) is 0.829. The molecule has 3 aliphatic rings. The van der Waals surface area contributed by atoms with E-state index < -0.39 is 0 Å². The molecular formula is C20H35N3O2. The molecule has 5 nitrogen and oxygen atoms in total. The molecule has 0 aromatic rings. The molecule has 2 amide bonds. The van der Waals surface area contributed by atoms with Gasteiger partial charge in [0.25, 0.3) is 0 Å². The molecule has 1 saturated carbocycles. The first-order valence-corrected chi connectivity index (χ1v) is 10.5. The third kappa shape index (κ3) is 4.75. The van der Waals surface area contributed by atoms with E-state index >= 15 is 0 Å². The van der Waals surface area contributed by atoms with Crippen LogP contribution in [-0.4, -0.2) is 60.4 Å². The summed E-state index contributed by atoms with van der Waals surface area (Å²) in [7, 11) is 0. The van der Waals surface area contributed by atoms with E-state index in [4.69, 9.17) is 0 Å². The predicted octanol–water partition coefficient (Wildman–Crippen LogP) is 2.41. The van der Waals surface area contributed by atoms with Crippen LogP contribution in [0.1, 0.15) is 64.7 Å². The van der Waals surface area contributed by atoms with Crippen molar-refractivity contribution < 1.29 is 9.59 Å². The highest BCUT2D eigenvalue weighted by atomic mass is 16.2. The van der Waals surface area contributed by atoms with Gasteiger partial charge in [0.05, 0.1) is 6.54 Å². The Morgan fingerprint density at radius 3 is 2.44 bits per heavy atom. The molecule has 0 aromatic heterocycles. The van der Waals surface area contributed by atoms with Crippen molar-refractivity contribution in [1.29, 1.82) is 0 Å². The molecule has 0 radical (unpaired) electrons. The summed E-state index contributed by atoms with van der Waals surface area (Å²) in [6.07, 6.45) is 10.4. The van der Waals surface area contributed by atoms with Crippen LogP contribution in [0.2, 0.25) is 0 Å². The maximum Gasteiger partial charge on any atom is 0.237 e. The number of nitrogens with one attached hydrogen (secondary N) is 1. The minimum Gasteiger partial charge on any atom is -0.356 e. The molecule has 2 atom stereocenters. The van der Waals surface area contributed by atoms with Gasteiger partial charge in [-0.15, -0.1) is 0 Å². The lowest BCUT2D eigenvalue weighted by Crippen LogP contribution is -2.53. The fraction of sp³-hybridized carbons (Fsp3) is 0.900. The Morgan fingerprint density at radius 2 is 1.68 bits per heavy atom. The summed E-state index contributed by atoms with van der Waals surface area (Å²) in [5.41, 5.74) is 0. The number of amides is 2. The van der Waals surface area contributed by atoms with Crippen molar-refractivity contribution in [3.05, 3.63) is 0 Å². The van der Waals surface area contributed by atoms with Crippen LogP contribution >= 0.6 is 0 Å². The topological polar surface area (TPSA) is 52.7 Å². The molecule has 0 bridgehead atoms. The number of hydrogen-bond donors (Lipinski definition) is 1. The maximum atomic E-state index is 12.9. The standard InChI is InChI=1S/C20H35N3O2/c1-2-11-21-20(25)17-9-13-22(14-10-17)15-19(24)23-12-5-7-16-6-3-4-8-18(16)23/h16-18H,2-15H2,1H3,(H,21,25). The van der Waals surface area contributed by atoms with E-state index in [0.717, 1.165) is 51.4 Å². The molecular weight excluding hydrogens is 314 g/mol. The zero-order valence-corrected chi connectivity index (χ0v) is 15.8. The van der Waals surface area contributed by atoms with Crippen molar-refractivity contribution in [3.8, 4) is 0 Å². The van der Waals surface area contributed by atoms with E-state index in [-0.39, 0.29) is 11.8 Å². The molecule has 5 heteroatoms. The molecule has 0 aromatic carbocycles. The third-order valence-corrected chi connectivity index (χ3v) is 6.43. The van der Waals surface area contributed by atoms with E-state index in [1.807, 2.05) is 0 Å². The van der Waals surface area contributed by atoms with Crippen molar-refractivity contribution in [2.24, 2.45) is 11.8 Å². The highest BCUT2D eigenvalue weighted by molar-refractivity contribution is 5.79. The van der Waals surface area contributed by atoms with Crippen LogP contribution in [0.15, 0.2) is 0 Å². The Balaban J connectivity index is 1.45. The first kappa shape index (κ1) is 18.7. The van der Waals surface area contributed by atoms with E-state index in [0.29, 0.717) is 18.5 Å². The molecule has 2 heterocycles. The summed E-state index contributed by atoms with van der Waals surface area (Å²) in [5, 5.41) is 3.01. The lowest BCUT2D eigenvalue weighted by atomic mass is 9.78. The van der Waals surface area contributed by atoms with E-state index in [1.54, 1.807) is 0 Å². The van der Waals surface area contributed by atoms with E-state index in [2.05, 4.69) is 22.0 Å². The summed E-state index contributed by atoms with van der Waals surface area (Å²) in [4.78, 5) is 29.4. The second-order valence-electron chi connectivity index (χ2n) is 8.18. The largest absolute Gasteiger partial charge is 0.356 e. The summed E-state index contributed by atoms with van der Waals surface area (Å²) < 4.78 is 0. The van der Waals surface area contributed by atoms with Crippen LogP contribution in [0, 0.1) is 11.8 Å². The number of rotatable bonds is 5. The lowest BCUT2D eigenvalue weighted by molar-refractivity contribution is -0.139. The smallest absolute Gasteiger partial charge is 0.237 e. The number of hydrogen-bond acceptors (Lipinski definition) is 3. The molecule has 142 valence electrons. The number of piperidine rings is 2. The highest BCUT2D eigenvalue weighted by Gasteiger charge is 2.36. The first-order chi connectivity index (χ1) is 12.2. The number of fused-ring (bicyclic) bond motifs is 1. The third-order valence-electron chi connectivity index (χ3n) is 6.43. The van der Waals surface area contributed by atoms with Crippen molar-refractivity contribution in [2.75, 3.05) is 32.7 Å². The summed E-state index contributed by atoms with van der Waals surface area (Å²) in [6.45, 7) is 6.10. The number of carbonyl (C=O) groups excluding carboxylic acids is 2. The van der Waals surface area contributed by atoms with E-state index in [9.17, 15) is 9.59 Å². The molecule has 1 N–H and O–H groups in total. The zero-order valence-electron chi connectivity index (χ0n) is 15.8. The van der Waals surface area contributed by atoms with Gasteiger partial charge in [0.1, 0.15) is 0 Å². The molecule has 3 fully saturated rings. The van der Waals surface area contributed by atoms with Gasteiger partial charge in [-0.25, -0.2) is 0 Å². The van der Waals surface area contributed by atoms with Gasteiger partial charge in [0.15, 0.2) is 0 Å². The fourth-order valence-electron chi connectivity index (χ4n) is 4.96. The van der Waals surface area contributed by atoms with Gasteiger partial charge >= 0.3 is 0 Å². The van der Waals surface area contributed by atoms with Gasteiger partial charge in [-0.1, -0.05) is 19.8 Å². The van der Waals surface area contributed by atoms with Crippen LogP contribution in [0.4, 0.5) is 0 Å². The normalized spacial score (nSPS) is 28.4. The van der Waals surface area contributed by atoms with Gasteiger partial charge in [0.2, 0.25) is 11.8 Å². The van der Waals surface area contributed by atoms with Crippen LogP contribution < -0.4 is 5.32 Å². The summed E-state index contributed by atoms with van der Waals surface area (Å²) in [6, 6.07) is 0.507. The monoisotopic (exact) mass is 349 g/mol. The van der Waals surface area contributed by atoms with Crippen LogP contribution in [0.3, 0.4) is 0 Å². The Hall–Kier alpha value is -1.10. The predicted molar refractivity (Wildman–Crippen MR) is 99.2 cm³/mol. The van der Waals surface area contributed by atoms with Gasteiger partial charge in [-0.05, 0) is 64.0 Å². The fourth-order valence-corrected chi connectivity index (χ4v) is 4.96. The summed E-state index contributed by atoms with van der Waals surface area (Å²) in [5.74, 6) is 1.41. The van der Waals surface area contributed by atoms with E-state index in [1.165, 1.54) is 38.5 Å². The Labute approximate surface area is 152 Å². The van der Waals surface area contributed by atoms with Crippen molar-refractivity contribution in [3.63, 3.8) is 0 Å². The molecule has 2 unspecified atom stereocenters. The second kappa shape index (κ2) is 9.02. The van der Waals surface area contributed by atoms with Crippen molar-refractivity contribution in [2.45, 2.75) is 70.8 Å². The van der Waals surface area contributed by atoms with Gasteiger partial charge in [-0.2, -0.15) is 0 Å². The lowest BCUT2D eigenvalue weighted by Gasteiger charge is -2.45. The van der Waals surface area contributed by atoms with Crippen molar-refractivity contribution in [1.82, 2.24) is 15.1 Å². The first-order valence-electron chi connectivity index (χ1n) is 10.5. The molecule has 0 spiro atoms. The van der Waals surface area contributed by atoms with Gasteiger partial charge in [0, 0.05) is 25.0 Å². The van der Waals surface area contributed by atoms with Gasteiger partial charge < -0.3 is 10.2 Å². The van der Waals surface area contributed by atoms with Crippen LogP contribution in [0.5, 0.6) is 0 Å². The Bertz CT molecular complexity index is 458. The maximum absolute atomic E-state index is 12.9. The average Bonchev–Trinajstić information content (AvgIpc) is 2.66. The minimum absolute atomic E-state index is 0.135.